The molecule has 5 heteroatoms. The number of piperazine rings is 1. The summed E-state index contributed by atoms with van der Waals surface area (Å²) >= 11 is 0. The molecule has 2 rings (SSSR count). The molecule has 1 aliphatic rings. The number of hydrogen-bond acceptors (Lipinski definition) is 5. The summed E-state index contributed by atoms with van der Waals surface area (Å²) in [6.45, 7) is 7.27. The predicted octanol–water partition coefficient (Wildman–Crippen LogP) is 1.69. The molecule has 2 heterocycles. The van der Waals surface area contributed by atoms with E-state index in [-0.39, 0.29) is 6.04 Å². The summed E-state index contributed by atoms with van der Waals surface area (Å²) in [7, 11) is 0. The van der Waals surface area contributed by atoms with Gasteiger partial charge in [0.15, 0.2) is 0 Å². The minimum Gasteiger partial charge on any atom is -0.353 e. The number of rotatable bonds is 3. The Hall–Kier alpha value is -2.11. The minimum absolute atomic E-state index is 0.00180. The largest absolute Gasteiger partial charge is 0.353 e. The molecule has 0 saturated carbocycles. The van der Waals surface area contributed by atoms with Gasteiger partial charge in [0.2, 0.25) is 0 Å². The van der Waals surface area contributed by atoms with Crippen LogP contribution in [0.4, 0.5) is 5.82 Å². The maximum atomic E-state index is 9.28. The zero-order valence-corrected chi connectivity index (χ0v) is 12.0. The Labute approximate surface area is 120 Å². The average molecular weight is 269 g/mol. The summed E-state index contributed by atoms with van der Waals surface area (Å²) in [6.07, 6.45) is 2.60. The first kappa shape index (κ1) is 14.3. The van der Waals surface area contributed by atoms with Gasteiger partial charge in [-0.15, -0.1) is 0 Å². The summed E-state index contributed by atoms with van der Waals surface area (Å²) in [5.74, 6) is 0.775. The van der Waals surface area contributed by atoms with Crippen LogP contribution in [0, 0.1) is 29.6 Å². The first-order chi connectivity index (χ1) is 9.71. The number of aromatic nitrogens is 1. The van der Waals surface area contributed by atoms with Crippen molar-refractivity contribution in [2.75, 3.05) is 31.1 Å². The van der Waals surface area contributed by atoms with Gasteiger partial charge in [-0.05, 0) is 25.0 Å². The third-order valence-corrected chi connectivity index (χ3v) is 3.84. The highest BCUT2D eigenvalue weighted by molar-refractivity contribution is 5.57. The van der Waals surface area contributed by atoms with Gasteiger partial charge >= 0.3 is 0 Å². The summed E-state index contributed by atoms with van der Waals surface area (Å²) < 4.78 is 0. The fraction of sp³-hybridized carbons (Fsp3) is 0.533. The quantitative estimate of drug-likeness (QED) is 0.835. The summed E-state index contributed by atoms with van der Waals surface area (Å²) in [5, 5.41) is 18.4. The molecule has 0 N–H and O–H groups in total. The molecule has 1 atom stereocenters. The fourth-order valence-electron chi connectivity index (χ4n) is 2.60. The Bertz CT molecular complexity index is 546. The van der Waals surface area contributed by atoms with E-state index in [0.29, 0.717) is 5.56 Å². The third-order valence-electron chi connectivity index (χ3n) is 3.84. The second-order valence-electron chi connectivity index (χ2n) is 5.01. The second kappa shape index (κ2) is 6.36. The van der Waals surface area contributed by atoms with Crippen molar-refractivity contribution in [2.24, 2.45) is 0 Å². The lowest BCUT2D eigenvalue weighted by molar-refractivity contribution is 0.216. The molecule has 1 unspecified atom stereocenters. The van der Waals surface area contributed by atoms with Crippen LogP contribution in [0.25, 0.3) is 0 Å². The van der Waals surface area contributed by atoms with Gasteiger partial charge < -0.3 is 4.90 Å². The lowest BCUT2D eigenvalue weighted by Crippen LogP contribution is -2.50. The van der Waals surface area contributed by atoms with Crippen LogP contribution >= 0.6 is 0 Å². The van der Waals surface area contributed by atoms with Crippen LogP contribution in [0.1, 0.15) is 24.5 Å². The minimum atomic E-state index is -0.00180. The van der Waals surface area contributed by atoms with Gasteiger partial charge in [-0.25, -0.2) is 4.98 Å². The van der Waals surface area contributed by atoms with Gasteiger partial charge in [0.05, 0.1) is 17.7 Å². The normalized spacial score (nSPS) is 17.3. The SMILES string of the molecule is CCC(C#N)N1CCN(c2nccc(C)c2C#N)CC1. The van der Waals surface area contributed by atoms with Gasteiger partial charge in [-0.2, -0.15) is 10.5 Å². The van der Waals surface area contributed by atoms with Gasteiger partial charge in [0, 0.05) is 32.4 Å². The Morgan fingerprint density at radius 2 is 2.00 bits per heavy atom. The number of nitriles is 2. The van der Waals surface area contributed by atoms with Crippen molar-refractivity contribution >= 4 is 5.82 Å². The maximum absolute atomic E-state index is 9.28. The maximum Gasteiger partial charge on any atom is 0.146 e. The molecule has 0 spiro atoms. The Morgan fingerprint density at radius 1 is 1.30 bits per heavy atom. The van der Waals surface area contributed by atoms with Crippen molar-refractivity contribution in [3.05, 3.63) is 23.4 Å². The van der Waals surface area contributed by atoms with Crippen LogP contribution in [0.5, 0.6) is 0 Å². The van der Waals surface area contributed by atoms with E-state index in [1.54, 1.807) is 6.20 Å². The van der Waals surface area contributed by atoms with Crippen LogP contribution in [-0.4, -0.2) is 42.1 Å². The zero-order valence-electron chi connectivity index (χ0n) is 12.0. The molecular weight excluding hydrogens is 250 g/mol. The molecule has 1 saturated heterocycles. The van der Waals surface area contributed by atoms with Gasteiger partial charge in [0.25, 0.3) is 0 Å². The Morgan fingerprint density at radius 3 is 2.55 bits per heavy atom. The Balaban J connectivity index is 2.11. The highest BCUT2D eigenvalue weighted by Crippen LogP contribution is 2.21. The smallest absolute Gasteiger partial charge is 0.146 e. The standard InChI is InChI=1S/C15H19N5/c1-3-13(10-16)19-6-8-20(9-7-19)15-14(11-17)12(2)4-5-18-15/h4-5,13H,3,6-9H2,1-2H3. The average Bonchev–Trinajstić information content (AvgIpc) is 2.49. The van der Waals surface area contributed by atoms with Gasteiger partial charge in [0.1, 0.15) is 11.9 Å². The molecule has 0 aromatic carbocycles. The third kappa shape index (κ3) is 2.74. The van der Waals surface area contributed by atoms with E-state index >= 15 is 0 Å². The predicted molar refractivity (Wildman–Crippen MR) is 77.2 cm³/mol. The van der Waals surface area contributed by atoms with E-state index in [1.165, 1.54) is 0 Å². The lowest BCUT2D eigenvalue weighted by atomic mass is 10.1. The second-order valence-corrected chi connectivity index (χ2v) is 5.01. The lowest BCUT2D eigenvalue weighted by Gasteiger charge is -2.37. The van der Waals surface area contributed by atoms with Crippen LogP contribution in [-0.2, 0) is 0 Å². The van der Waals surface area contributed by atoms with E-state index in [4.69, 9.17) is 5.26 Å². The molecule has 1 aromatic rings. The van der Waals surface area contributed by atoms with E-state index in [0.717, 1.165) is 44.0 Å². The van der Waals surface area contributed by atoms with Crippen LogP contribution in [0.15, 0.2) is 12.3 Å². The number of anilines is 1. The summed E-state index contributed by atoms with van der Waals surface area (Å²) in [4.78, 5) is 8.72. The first-order valence-corrected chi connectivity index (χ1v) is 6.95. The van der Waals surface area contributed by atoms with E-state index in [2.05, 4.69) is 26.9 Å². The summed E-state index contributed by atoms with van der Waals surface area (Å²) in [5.41, 5.74) is 1.62. The van der Waals surface area contributed by atoms with E-state index < -0.39 is 0 Å². The highest BCUT2D eigenvalue weighted by Gasteiger charge is 2.24. The highest BCUT2D eigenvalue weighted by atomic mass is 15.3. The Kier molecular flexibility index (Phi) is 4.55. The first-order valence-electron chi connectivity index (χ1n) is 6.95. The molecule has 1 aromatic heterocycles. The molecule has 0 amide bonds. The van der Waals surface area contributed by atoms with Gasteiger partial charge in [-0.1, -0.05) is 6.92 Å². The molecule has 1 aliphatic heterocycles. The number of nitrogens with zero attached hydrogens (tertiary/aromatic N) is 5. The number of hydrogen-bond donors (Lipinski definition) is 0. The fourth-order valence-corrected chi connectivity index (χ4v) is 2.60. The molecular formula is C15H19N5. The monoisotopic (exact) mass is 269 g/mol. The molecule has 0 radical (unpaired) electrons. The zero-order chi connectivity index (χ0) is 14.5. The molecule has 5 nitrogen and oxygen atoms in total. The molecule has 0 aliphatic carbocycles. The topological polar surface area (TPSA) is 67.0 Å². The van der Waals surface area contributed by atoms with Crippen molar-refractivity contribution in [1.82, 2.24) is 9.88 Å². The van der Waals surface area contributed by atoms with E-state index in [9.17, 15) is 5.26 Å². The molecule has 104 valence electrons. The van der Waals surface area contributed by atoms with E-state index in [1.807, 2.05) is 19.9 Å². The van der Waals surface area contributed by atoms with Crippen LogP contribution < -0.4 is 4.90 Å². The van der Waals surface area contributed by atoms with Crippen LogP contribution in [0.3, 0.4) is 0 Å². The number of pyridine rings is 1. The van der Waals surface area contributed by atoms with Crippen molar-refractivity contribution in [3.8, 4) is 12.1 Å². The molecule has 1 fully saturated rings. The van der Waals surface area contributed by atoms with Crippen LogP contribution in [0.2, 0.25) is 0 Å². The van der Waals surface area contributed by atoms with Crippen molar-refractivity contribution < 1.29 is 0 Å². The van der Waals surface area contributed by atoms with Gasteiger partial charge in [-0.3, -0.25) is 4.90 Å². The van der Waals surface area contributed by atoms with Crippen molar-refractivity contribution in [2.45, 2.75) is 26.3 Å². The molecule has 0 bridgehead atoms. The summed E-state index contributed by atoms with van der Waals surface area (Å²) in [6, 6.07) is 6.45. The van der Waals surface area contributed by atoms with Crippen molar-refractivity contribution in [1.29, 1.82) is 10.5 Å². The number of aryl methyl sites for hydroxylation is 1. The van der Waals surface area contributed by atoms with Crippen molar-refractivity contribution in [3.63, 3.8) is 0 Å². The molecule has 20 heavy (non-hydrogen) atoms.